The second-order valence-electron chi connectivity index (χ2n) is 4.36. The second-order valence-corrected chi connectivity index (χ2v) is 5.21. The van der Waals surface area contributed by atoms with E-state index in [1.54, 1.807) is 24.4 Å². The van der Waals surface area contributed by atoms with Crippen molar-refractivity contribution in [1.29, 1.82) is 0 Å². The van der Waals surface area contributed by atoms with Gasteiger partial charge in [0.05, 0.1) is 16.6 Å². The molecule has 0 spiro atoms. The van der Waals surface area contributed by atoms with Gasteiger partial charge in [0.2, 0.25) is 0 Å². The van der Waals surface area contributed by atoms with E-state index in [-0.39, 0.29) is 17.9 Å². The van der Waals surface area contributed by atoms with Crippen molar-refractivity contribution in [3.05, 3.63) is 69.2 Å². The molecule has 3 aromatic rings. The predicted octanol–water partition coefficient (Wildman–Crippen LogP) is 3.24. The molecule has 0 saturated carbocycles. The van der Waals surface area contributed by atoms with Gasteiger partial charge in [-0.25, -0.2) is 0 Å². The van der Waals surface area contributed by atoms with Gasteiger partial charge < -0.3 is 8.98 Å². The Hall–Kier alpha value is -2.14. The molecule has 4 nitrogen and oxygen atoms in total. The standard InChI is InChI=1S/C15H10BrNO3/c16-12-5-3-7-17(15(12)19)8-13(18)11-9-20-14-6-2-1-4-10(11)14/h1-7,9H,8H2. The molecule has 0 atom stereocenters. The number of nitrogens with zero attached hydrogens (tertiary/aromatic N) is 1. The number of furan rings is 1. The predicted molar refractivity (Wildman–Crippen MR) is 78.9 cm³/mol. The number of halogens is 1. The lowest BCUT2D eigenvalue weighted by atomic mass is 10.1. The molecule has 0 unspecified atom stereocenters. The quantitative estimate of drug-likeness (QED) is 0.692. The Morgan fingerprint density at radius 1 is 1.20 bits per heavy atom. The summed E-state index contributed by atoms with van der Waals surface area (Å²) in [5.41, 5.74) is 0.929. The van der Waals surface area contributed by atoms with Gasteiger partial charge in [0.15, 0.2) is 5.78 Å². The molecule has 0 aliphatic rings. The molecule has 5 heteroatoms. The van der Waals surface area contributed by atoms with E-state index in [2.05, 4.69) is 15.9 Å². The van der Waals surface area contributed by atoms with Crippen LogP contribution in [0.5, 0.6) is 0 Å². The zero-order valence-electron chi connectivity index (χ0n) is 10.4. The van der Waals surface area contributed by atoms with Crippen LogP contribution in [0.25, 0.3) is 11.0 Å². The van der Waals surface area contributed by atoms with Crippen molar-refractivity contribution in [3.8, 4) is 0 Å². The summed E-state index contributed by atoms with van der Waals surface area (Å²) in [7, 11) is 0. The first-order chi connectivity index (χ1) is 9.66. The Balaban J connectivity index is 1.97. The monoisotopic (exact) mass is 331 g/mol. The summed E-state index contributed by atoms with van der Waals surface area (Å²) in [5.74, 6) is -0.157. The summed E-state index contributed by atoms with van der Waals surface area (Å²) < 4.78 is 7.15. The highest BCUT2D eigenvalue weighted by Crippen LogP contribution is 2.21. The fraction of sp³-hybridized carbons (Fsp3) is 0.0667. The molecule has 1 aromatic carbocycles. The Kier molecular flexibility index (Phi) is 3.28. The van der Waals surface area contributed by atoms with Crippen LogP contribution in [-0.4, -0.2) is 10.4 Å². The number of pyridine rings is 1. The molecule has 20 heavy (non-hydrogen) atoms. The topological polar surface area (TPSA) is 52.2 Å². The molecular formula is C15H10BrNO3. The van der Waals surface area contributed by atoms with Crippen molar-refractivity contribution < 1.29 is 9.21 Å². The van der Waals surface area contributed by atoms with E-state index in [9.17, 15) is 9.59 Å². The highest BCUT2D eigenvalue weighted by molar-refractivity contribution is 9.10. The number of benzene rings is 1. The van der Waals surface area contributed by atoms with Crippen LogP contribution in [0.4, 0.5) is 0 Å². The van der Waals surface area contributed by atoms with Crippen molar-refractivity contribution in [2.45, 2.75) is 6.54 Å². The lowest BCUT2D eigenvalue weighted by Gasteiger charge is -2.04. The number of para-hydroxylation sites is 1. The first-order valence-electron chi connectivity index (χ1n) is 6.01. The molecular weight excluding hydrogens is 322 g/mol. The Morgan fingerprint density at radius 2 is 2.00 bits per heavy atom. The molecule has 3 rings (SSSR count). The SMILES string of the molecule is O=C(Cn1cccc(Br)c1=O)c1coc2ccccc12. The van der Waals surface area contributed by atoms with Gasteiger partial charge in [0.1, 0.15) is 11.8 Å². The molecule has 0 amide bonds. The zero-order valence-corrected chi connectivity index (χ0v) is 12.0. The Morgan fingerprint density at radius 3 is 2.85 bits per heavy atom. The molecule has 0 bridgehead atoms. The summed E-state index contributed by atoms with van der Waals surface area (Å²) >= 11 is 3.16. The minimum atomic E-state index is -0.228. The maximum Gasteiger partial charge on any atom is 0.265 e. The van der Waals surface area contributed by atoms with E-state index >= 15 is 0 Å². The fourth-order valence-electron chi connectivity index (χ4n) is 2.07. The number of carbonyl (C=O) groups excluding carboxylic acids is 1. The van der Waals surface area contributed by atoms with E-state index in [0.717, 1.165) is 5.39 Å². The Bertz CT molecular complexity index is 847. The zero-order chi connectivity index (χ0) is 14.1. The first-order valence-corrected chi connectivity index (χ1v) is 6.80. The normalized spacial score (nSPS) is 10.8. The van der Waals surface area contributed by atoms with Crippen LogP contribution in [0.3, 0.4) is 0 Å². The van der Waals surface area contributed by atoms with Crippen molar-refractivity contribution in [1.82, 2.24) is 4.57 Å². The van der Waals surface area contributed by atoms with E-state index in [1.165, 1.54) is 10.8 Å². The van der Waals surface area contributed by atoms with Crippen LogP contribution in [-0.2, 0) is 6.54 Å². The van der Waals surface area contributed by atoms with Gasteiger partial charge in [-0.3, -0.25) is 9.59 Å². The molecule has 2 heterocycles. The van der Waals surface area contributed by atoms with Gasteiger partial charge in [-0.15, -0.1) is 0 Å². The summed E-state index contributed by atoms with van der Waals surface area (Å²) in [5, 5.41) is 0.764. The molecule has 0 aliphatic carbocycles. The maximum absolute atomic E-state index is 12.3. The molecule has 0 saturated heterocycles. The van der Waals surface area contributed by atoms with Crippen molar-refractivity contribution in [2.24, 2.45) is 0 Å². The van der Waals surface area contributed by atoms with E-state index in [0.29, 0.717) is 15.6 Å². The highest BCUT2D eigenvalue weighted by atomic mass is 79.9. The minimum Gasteiger partial charge on any atom is -0.464 e. The summed E-state index contributed by atoms with van der Waals surface area (Å²) in [4.78, 5) is 24.2. The molecule has 0 aliphatic heterocycles. The fourth-order valence-corrected chi connectivity index (χ4v) is 2.45. The van der Waals surface area contributed by atoms with Gasteiger partial charge in [-0.1, -0.05) is 18.2 Å². The second kappa shape index (κ2) is 5.09. The largest absolute Gasteiger partial charge is 0.464 e. The van der Waals surface area contributed by atoms with Crippen molar-refractivity contribution in [2.75, 3.05) is 0 Å². The molecule has 0 radical (unpaired) electrons. The third-order valence-electron chi connectivity index (χ3n) is 3.07. The number of aromatic nitrogens is 1. The average molecular weight is 332 g/mol. The summed E-state index contributed by atoms with van der Waals surface area (Å²) in [6.45, 7) is -0.0121. The minimum absolute atomic E-state index is 0.0121. The number of Topliss-reactive ketones (excluding diaryl/α,β-unsaturated/α-hetero) is 1. The van der Waals surface area contributed by atoms with Gasteiger partial charge in [-0.05, 0) is 34.1 Å². The van der Waals surface area contributed by atoms with Crippen molar-refractivity contribution >= 4 is 32.7 Å². The van der Waals surface area contributed by atoms with Gasteiger partial charge in [-0.2, -0.15) is 0 Å². The molecule has 2 aromatic heterocycles. The van der Waals surface area contributed by atoms with Crippen LogP contribution in [0.15, 0.2) is 62.5 Å². The first kappa shape index (κ1) is 12.9. The smallest absolute Gasteiger partial charge is 0.265 e. The summed E-state index contributed by atoms with van der Waals surface area (Å²) in [6, 6.07) is 10.7. The third-order valence-corrected chi connectivity index (χ3v) is 3.67. The van der Waals surface area contributed by atoms with Crippen LogP contribution in [0, 0.1) is 0 Å². The van der Waals surface area contributed by atoms with Gasteiger partial charge in [0.25, 0.3) is 5.56 Å². The van der Waals surface area contributed by atoms with Crippen LogP contribution < -0.4 is 5.56 Å². The lowest BCUT2D eigenvalue weighted by Crippen LogP contribution is -2.23. The highest BCUT2D eigenvalue weighted by Gasteiger charge is 2.14. The van der Waals surface area contributed by atoms with E-state index in [4.69, 9.17) is 4.42 Å². The van der Waals surface area contributed by atoms with E-state index in [1.807, 2.05) is 18.2 Å². The van der Waals surface area contributed by atoms with Crippen LogP contribution in [0.2, 0.25) is 0 Å². The number of hydrogen-bond donors (Lipinski definition) is 0. The molecule has 0 N–H and O–H groups in total. The lowest BCUT2D eigenvalue weighted by molar-refractivity contribution is 0.0971. The molecule has 0 fully saturated rings. The Labute approximate surface area is 122 Å². The third kappa shape index (κ3) is 2.20. The molecule has 100 valence electrons. The maximum atomic E-state index is 12.3. The van der Waals surface area contributed by atoms with Gasteiger partial charge >= 0.3 is 0 Å². The number of ketones is 1. The van der Waals surface area contributed by atoms with Gasteiger partial charge in [0, 0.05) is 11.6 Å². The van der Waals surface area contributed by atoms with Crippen molar-refractivity contribution in [3.63, 3.8) is 0 Å². The van der Waals surface area contributed by atoms with E-state index < -0.39 is 0 Å². The number of hydrogen-bond acceptors (Lipinski definition) is 3. The summed E-state index contributed by atoms with van der Waals surface area (Å²) in [6.07, 6.45) is 3.03. The van der Waals surface area contributed by atoms with Crippen LogP contribution >= 0.6 is 15.9 Å². The number of carbonyl (C=O) groups is 1. The van der Waals surface area contributed by atoms with Crippen LogP contribution in [0.1, 0.15) is 10.4 Å². The average Bonchev–Trinajstić information content (AvgIpc) is 2.88. The number of rotatable bonds is 3. The number of fused-ring (bicyclic) bond motifs is 1.